The van der Waals surface area contributed by atoms with Gasteiger partial charge in [0, 0.05) is 0 Å². The van der Waals surface area contributed by atoms with Crippen LogP contribution in [-0.4, -0.2) is 14.9 Å². The zero-order valence-corrected chi connectivity index (χ0v) is 10.2. The highest BCUT2D eigenvalue weighted by Crippen LogP contribution is 2.33. The molecule has 88 valence electrons. The van der Waals surface area contributed by atoms with Crippen LogP contribution in [0.2, 0.25) is 0 Å². The molecule has 0 aliphatic carbocycles. The first kappa shape index (κ1) is 12.0. The predicted molar refractivity (Wildman–Crippen MR) is 64.7 cm³/mol. The molecular formula is C10H7Cl2N3O2. The van der Waals surface area contributed by atoms with Gasteiger partial charge in [-0.05, 0) is 47.8 Å². The van der Waals surface area contributed by atoms with Crippen LogP contribution in [0, 0.1) is 17.0 Å². The Kier molecular flexibility index (Phi) is 2.89. The Labute approximate surface area is 107 Å². The summed E-state index contributed by atoms with van der Waals surface area (Å²) in [5, 5.41) is 10.7. The smallest absolute Gasteiger partial charge is 0.261 e. The highest BCUT2D eigenvalue weighted by atomic mass is 35.5. The Balaban J connectivity index is 2.62. The number of halogens is 2. The number of hydrogen-bond donors (Lipinski definition) is 0. The molecule has 0 aliphatic heterocycles. The van der Waals surface area contributed by atoms with Crippen molar-refractivity contribution < 1.29 is 4.92 Å². The molecule has 5 nitrogen and oxygen atoms in total. The van der Waals surface area contributed by atoms with Gasteiger partial charge in [-0.25, -0.2) is 4.98 Å². The molecule has 0 spiro atoms. The Bertz CT molecular complexity index is 601. The van der Waals surface area contributed by atoms with E-state index in [0.717, 1.165) is 5.56 Å². The highest BCUT2D eigenvalue weighted by Gasteiger charge is 2.42. The van der Waals surface area contributed by atoms with Crippen molar-refractivity contribution in [3.8, 4) is 0 Å². The average Bonchev–Trinajstić information content (AvgIpc) is 2.27. The average molecular weight is 272 g/mol. The van der Waals surface area contributed by atoms with Crippen molar-refractivity contribution in [3.63, 3.8) is 0 Å². The van der Waals surface area contributed by atoms with Crippen LogP contribution in [-0.2, 0) is 4.46 Å². The maximum atomic E-state index is 10.7. The van der Waals surface area contributed by atoms with E-state index in [1.54, 1.807) is 12.1 Å². The molecule has 0 saturated heterocycles. The number of hydrogen-bond acceptors (Lipinski definition) is 4. The topological polar surface area (TPSA) is 68.9 Å². The van der Waals surface area contributed by atoms with Gasteiger partial charge < -0.3 is 0 Å². The quantitative estimate of drug-likeness (QED) is 0.365. The van der Waals surface area contributed by atoms with Crippen molar-refractivity contribution in [3.05, 3.63) is 45.8 Å². The lowest BCUT2D eigenvalue weighted by molar-refractivity contribution is -0.523. The summed E-state index contributed by atoms with van der Waals surface area (Å²) in [7, 11) is 0. The van der Waals surface area contributed by atoms with Crippen LogP contribution >= 0.6 is 23.2 Å². The first-order valence-electron chi connectivity index (χ1n) is 4.67. The Hall–Kier alpha value is -1.46. The number of fused-ring (bicyclic) bond motifs is 1. The molecule has 2 aromatic rings. The van der Waals surface area contributed by atoms with E-state index in [1.807, 2.05) is 13.0 Å². The van der Waals surface area contributed by atoms with Crippen molar-refractivity contribution in [1.82, 2.24) is 9.97 Å². The van der Waals surface area contributed by atoms with E-state index in [2.05, 4.69) is 9.97 Å². The van der Waals surface area contributed by atoms with Crippen molar-refractivity contribution in [2.45, 2.75) is 11.4 Å². The molecule has 7 heteroatoms. The fourth-order valence-electron chi connectivity index (χ4n) is 1.36. The van der Waals surface area contributed by atoms with Gasteiger partial charge in [0.05, 0.1) is 22.2 Å². The lowest BCUT2D eigenvalue weighted by Crippen LogP contribution is -2.23. The molecular weight excluding hydrogens is 265 g/mol. The van der Waals surface area contributed by atoms with E-state index in [1.165, 1.54) is 6.20 Å². The van der Waals surface area contributed by atoms with Gasteiger partial charge in [0.1, 0.15) is 0 Å². The minimum atomic E-state index is -2.27. The third-order valence-electron chi connectivity index (χ3n) is 2.24. The van der Waals surface area contributed by atoms with Gasteiger partial charge in [-0.3, -0.25) is 15.1 Å². The van der Waals surface area contributed by atoms with Gasteiger partial charge in [-0.2, -0.15) is 0 Å². The maximum absolute atomic E-state index is 10.7. The Morgan fingerprint density at radius 2 is 2.06 bits per heavy atom. The van der Waals surface area contributed by atoms with Gasteiger partial charge in [0.2, 0.25) is 0 Å². The van der Waals surface area contributed by atoms with E-state index in [9.17, 15) is 10.1 Å². The molecule has 0 atom stereocenters. The standard InChI is InChI=1S/C10H7Cl2N3O2/c1-6-2-3-7-8(4-6)14-9(5-13-7)10(11,12)15(16)17/h2-5H,1H3. The third kappa shape index (κ3) is 2.16. The number of alkyl halides is 2. The monoisotopic (exact) mass is 271 g/mol. The zero-order chi connectivity index (χ0) is 12.6. The van der Waals surface area contributed by atoms with Gasteiger partial charge in [-0.15, -0.1) is 0 Å². The lowest BCUT2D eigenvalue weighted by Gasteiger charge is -2.09. The summed E-state index contributed by atoms with van der Waals surface area (Å²) in [6, 6.07) is 5.41. The molecule has 0 aliphatic rings. The second-order valence-corrected chi connectivity index (χ2v) is 4.83. The van der Waals surface area contributed by atoms with Crippen LogP contribution in [0.25, 0.3) is 11.0 Å². The summed E-state index contributed by atoms with van der Waals surface area (Å²) >= 11 is 11.2. The molecule has 2 rings (SSSR count). The van der Waals surface area contributed by atoms with Gasteiger partial charge in [0.25, 0.3) is 0 Å². The molecule has 17 heavy (non-hydrogen) atoms. The molecule has 0 fully saturated rings. The summed E-state index contributed by atoms with van der Waals surface area (Å²) in [6.45, 7) is 1.88. The second kappa shape index (κ2) is 4.09. The lowest BCUT2D eigenvalue weighted by atomic mass is 10.2. The predicted octanol–water partition coefficient (Wildman–Crippen LogP) is 2.80. The van der Waals surface area contributed by atoms with E-state index < -0.39 is 9.38 Å². The van der Waals surface area contributed by atoms with Crippen LogP contribution in [0.4, 0.5) is 0 Å². The van der Waals surface area contributed by atoms with Gasteiger partial charge in [0.15, 0.2) is 5.69 Å². The third-order valence-corrected chi connectivity index (χ3v) is 2.90. The van der Waals surface area contributed by atoms with Gasteiger partial charge >= 0.3 is 4.46 Å². The van der Waals surface area contributed by atoms with Crippen LogP contribution < -0.4 is 0 Å². The summed E-state index contributed by atoms with van der Waals surface area (Å²) < 4.78 is -2.27. The van der Waals surface area contributed by atoms with Crippen LogP contribution in [0.5, 0.6) is 0 Å². The summed E-state index contributed by atoms with van der Waals surface area (Å²) in [6.07, 6.45) is 1.21. The number of nitro groups is 1. The van der Waals surface area contributed by atoms with Crippen molar-refractivity contribution in [1.29, 1.82) is 0 Å². The molecule has 0 radical (unpaired) electrons. The number of nitrogens with zero attached hydrogens (tertiary/aromatic N) is 3. The van der Waals surface area contributed by atoms with E-state index in [-0.39, 0.29) is 5.69 Å². The summed E-state index contributed by atoms with van der Waals surface area (Å²) in [4.78, 5) is 18.0. The van der Waals surface area contributed by atoms with Crippen LogP contribution in [0.15, 0.2) is 24.4 Å². The number of rotatable bonds is 2. The molecule has 0 N–H and O–H groups in total. The van der Waals surface area contributed by atoms with E-state index >= 15 is 0 Å². The van der Waals surface area contributed by atoms with Crippen molar-refractivity contribution in [2.24, 2.45) is 0 Å². The minimum absolute atomic E-state index is 0.0936. The van der Waals surface area contributed by atoms with E-state index in [0.29, 0.717) is 11.0 Å². The second-order valence-electron chi connectivity index (χ2n) is 3.55. The molecule has 1 heterocycles. The van der Waals surface area contributed by atoms with Crippen LogP contribution in [0.3, 0.4) is 0 Å². The van der Waals surface area contributed by atoms with Crippen LogP contribution in [0.1, 0.15) is 11.3 Å². The summed E-state index contributed by atoms with van der Waals surface area (Å²) in [5.41, 5.74) is 2.03. The SMILES string of the molecule is Cc1ccc2ncc(C(Cl)(Cl)[N+](=O)[O-])nc2c1. The zero-order valence-electron chi connectivity index (χ0n) is 8.72. The minimum Gasteiger partial charge on any atom is -0.261 e. The maximum Gasteiger partial charge on any atom is 0.414 e. The first-order chi connectivity index (χ1) is 7.91. The molecule has 0 unspecified atom stereocenters. The molecule has 0 bridgehead atoms. The van der Waals surface area contributed by atoms with Crippen molar-refractivity contribution >= 4 is 34.2 Å². The molecule has 1 aromatic heterocycles. The Morgan fingerprint density at radius 1 is 1.35 bits per heavy atom. The van der Waals surface area contributed by atoms with Crippen molar-refractivity contribution in [2.75, 3.05) is 0 Å². The molecule has 1 aromatic carbocycles. The normalized spacial score (nSPS) is 11.7. The Morgan fingerprint density at radius 3 is 2.71 bits per heavy atom. The highest BCUT2D eigenvalue weighted by molar-refractivity contribution is 6.46. The molecule has 0 saturated carbocycles. The summed E-state index contributed by atoms with van der Waals surface area (Å²) in [5.74, 6) is 0. The fourth-order valence-corrected chi connectivity index (χ4v) is 1.54. The molecule has 0 amide bonds. The first-order valence-corrected chi connectivity index (χ1v) is 5.43. The number of aromatic nitrogens is 2. The van der Waals surface area contributed by atoms with Gasteiger partial charge in [-0.1, -0.05) is 6.07 Å². The van der Waals surface area contributed by atoms with E-state index in [4.69, 9.17) is 23.2 Å². The fraction of sp³-hybridized carbons (Fsp3) is 0.200. The number of benzene rings is 1. The number of aryl methyl sites for hydroxylation is 1. The largest absolute Gasteiger partial charge is 0.414 e.